The van der Waals surface area contributed by atoms with Crippen LogP contribution in [0.1, 0.15) is 26.2 Å². The molecule has 1 heterocycles. The van der Waals surface area contributed by atoms with Crippen LogP contribution >= 0.6 is 0 Å². The van der Waals surface area contributed by atoms with Gasteiger partial charge in [0.15, 0.2) is 0 Å². The zero-order chi connectivity index (χ0) is 11.1. The quantitative estimate of drug-likeness (QED) is 0.632. The van der Waals surface area contributed by atoms with E-state index >= 15 is 0 Å². The van der Waals surface area contributed by atoms with E-state index in [2.05, 4.69) is 17.0 Å². The van der Waals surface area contributed by atoms with Crippen molar-refractivity contribution >= 4 is 0 Å². The molecule has 0 bridgehead atoms. The van der Waals surface area contributed by atoms with E-state index in [9.17, 15) is 9.59 Å². The van der Waals surface area contributed by atoms with Crippen LogP contribution in [0.25, 0.3) is 0 Å². The largest absolute Gasteiger partial charge is 0.381 e. The highest BCUT2D eigenvalue weighted by molar-refractivity contribution is 4.61. The zero-order valence-corrected chi connectivity index (χ0v) is 8.91. The third-order valence-electron chi connectivity index (χ3n) is 2.01. The van der Waals surface area contributed by atoms with Crippen LogP contribution in [0.15, 0.2) is 9.59 Å². The summed E-state index contributed by atoms with van der Waals surface area (Å²) in [6.45, 7) is 3.95. The molecule has 0 aliphatic rings. The number of hydrogen-bond donors (Lipinski definition) is 2. The summed E-state index contributed by atoms with van der Waals surface area (Å²) >= 11 is 0. The van der Waals surface area contributed by atoms with Crippen molar-refractivity contribution in [2.75, 3.05) is 13.2 Å². The molecule has 86 valence electrons. The fraction of sp³-hybridized carbons (Fsp3) is 0.778. The van der Waals surface area contributed by atoms with Gasteiger partial charge in [0, 0.05) is 19.8 Å². The average molecular weight is 215 g/mol. The second-order valence-corrected chi connectivity index (χ2v) is 3.34. The predicted octanol–water partition coefficient (Wildman–Crippen LogP) is 0.0715. The van der Waals surface area contributed by atoms with Gasteiger partial charge in [-0.3, -0.25) is 4.98 Å². The predicted molar refractivity (Wildman–Crippen MR) is 56.0 cm³/mol. The standard InChI is InChI=1S/C9H17N3O3/c1-2-3-6-15-7-4-5-12-9(14)10-8(13)11-12/h2-7H2,1H3,(H2,10,11,13,14). The maximum Gasteiger partial charge on any atom is 0.344 e. The van der Waals surface area contributed by atoms with E-state index < -0.39 is 11.4 Å². The molecular weight excluding hydrogens is 198 g/mol. The van der Waals surface area contributed by atoms with Gasteiger partial charge in [-0.2, -0.15) is 0 Å². The molecule has 0 spiro atoms. The van der Waals surface area contributed by atoms with Crippen molar-refractivity contribution in [2.24, 2.45) is 0 Å². The lowest BCUT2D eigenvalue weighted by Crippen LogP contribution is -2.19. The Morgan fingerprint density at radius 3 is 2.60 bits per heavy atom. The number of nitrogens with zero attached hydrogens (tertiary/aromatic N) is 1. The minimum Gasteiger partial charge on any atom is -0.381 e. The topological polar surface area (TPSA) is 79.9 Å². The van der Waals surface area contributed by atoms with Crippen molar-refractivity contribution in [2.45, 2.75) is 32.7 Å². The number of H-pyrrole nitrogens is 2. The van der Waals surface area contributed by atoms with E-state index in [1.54, 1.807) is 0 Å². The number of rotatable bonds is 7. The summed E-state index contributed by atoms with van der Waals surface area (Å²) < 4.78 is 6.58. The highest BCUT2D eigenvalue weighted by atomic mass is 16.5. The average Bonchev–Trinajstić information content (AvgIpc) is 2.51. The van der Waals surface area contributed by atoms with E-state index in [4.69, 9.17) is 4.74 Å². The lowest BCUT2D eigenvalue weighted by Gasteiger charge is -2.02. The number of nitrogens with one attached hydrogen (secondary N) is 2. The lowest BCUT2D eigenvalue weighted by atomic mass is 10.4. The van der Waals surface area contributed by atoms with Gasteiger partial charge in [-0.25, -0.2) is 19.4 Å². The van der Waals surface area contributed by atoms with E-state index in [-0.39, 0.29) is 0 Å². The summed E-state index contributed by atoms with van der Waals surface area (Å²) in [5, 5.41) is 2.38. The molecule has 15 heavy (non-hydrogen) atoms. The summed E-state index contributed by atoms with van der Waals surface area (Å²) in [7, 11) is 0. The number of aromatic nitrogens is 3. The first kappa shape index (κ1) is 11.8. The molecule has 0 aliphatic heterocycles. The van der Waals surface area contributed by atoms with Crippen molar-refractivity contribution < 1.29 is 4.74 Å². The van der Waals surface area contributed by atoms with Crippen molar-refractivity contribution in [1.82, 2.24) is 14.8 Å². The van der Waals surface area contributed by atoms with Gasteiger partial charge in [0.05, 0.1) is 0 Å². The molecule has 0 unspecified atom stereocenters. The first-order valence-electron chi connectivity index (χ1n) is 5.21. The van der Waals surface area contributed by atoms with Crippen molar-refractivity contribution in [3.8, 4) is 0 Å². The first-order chi connectivity index (χ1) is 7.24. The Balaban J connectivity index is 2.18. The van der Waals surface area contributed by atoms with Gasteiger partial charge >= 0.3 is 11.4 Å². The van der Waals surface area contributed by atoms with Crippen LogP contribution in [-0.4, -0.2) is 28.0 Å². The smallest absolute Gasteiger partial charge is 0.344 e. The molecule has 6 nitrogen and oxygen atoms in total. The highest BCUT2D eigenvalue weighted by Gasteiger charge is 1.98. The molecule has 1 rings (SSSR count). The van der Waals surface area contributed by atoms with Crippen molar-refractivity contribution in [3.05, 3.63) is 21.0 Å². The zero-order valence-electron chi connectivity index (χ0n) is 8.91. The molecule has 0 radical (unpaired) electrons. The molecule has 0 fully saturated rings. The molecule has 6 heteroatoms. The number of aromatic amines is 2. The minimum atomic E-state index is -0.466. The van der Waals surface area contributed by atoms with Gasteiger partial charge in [0.2, 0.25) is 0 Å². The summed E-state index contributed by atoms with van der Waals surface area (Å²) in [5.41, 5.74) is -0.861. The molecule has 1 aromatic heterocycles. The van der Waals surface area contributed by atoms with Crippen LogP contribution in [0.2, 0.25) is 0 Å². The Hall–Kier alpha value is -1.30. The Morgan fingerprint density at radius 2 is 2.00 bits per heavy atom. The van der Waals surface area contributed by atoms with E-state index in [1.165, 1.54) is 4.68 Å². The number of ether oxygens (including phenoxy) is 1. The number of aryl methyl sites for hydroxylation is 1. The van der Waals surface area contributed by atoms with E-state index in [0.717, 1.165) is 25.9 Å². The third kappa shape index (κ3) is 4.16. The number of unbranched alkanes of at least 4 members (excludes halogenated alkanes) is 1. The van der Waals surface area contributed by atoms with E-state index in [0.29, 0.717) is 13.2 Å². The van der Waals surface area contributed by atoms with Gasteiger partial charge < -0.3 is 4.74 Å². The van der Waals surface area contributed by atoms with Gasteiger partial charge in [0.1, 0.15) is 0 Å². The second kappa shape index (κ2) is 6.23. The maximum atomic E-state index is 11.0. The molecule has 0 aromatic carbocycles. The van der Waals surface area contributed by atoms with Crippen molar-refractivity contribution in [3.63, 3.8) is 0 Å². The van der Waals surface area contributed by atoms with Crippen molar-refractivity contribution in [1.29, 1.82) is 0 Å². The monoisotopic (exact) mass is 215 g/mol. The molecule has 0 amide bonds. The SMILES string of the molecule is CCCCOCCCn1[nH]c(=O)[nH]c1=O. The molecule has 2 N–H and O–H groups in total. The Bertz CT molecular complexity index is 376. The molecular formula is C9H17N3O3. The van der Waals surface area contributed by atoms with Crippen LogP contribution in [0, 0.1) is 0 Å². The Morgan fingerprint density at radius 1 is 1.27 bits per heavy atom. The van der Waals surface area contributed by atoms with Gasteiger partial charge in [-0.15, -0.1) is 0 Å². The Kier molecular flexibility index (Phi) is 4.89. The second-order valence-electron chi connectivity index (χ2n) is 3.34. The molecule has 0 aliphatic carbocycles. The minimum absolute atomic E-state index is 0.395. The van der Waals surface area contributed by atoms with Crippen LogP contribution in [0.3, 0.4) is 0 Å². The van der Waals surface area contributed by atoms with Crippen LogP contribution in [0.4, 0.5) is 0 Å². The lowest BCUT2D eigenvalue weighted by molar-refractivity contribution is 0.125. The number of hydrogen-bond acceptors (Lipinski definition) is 3. The van der Waals surface area contributed by atoms with E-state index in [1.807, 2.05) is 0 Å². The van der Waals surface area contributed by atoms with Gasteiger partial charge in [-0.05, 0) is 12.8 Å². The summed E-state index contributed by atoms with van der Waals surface area (Å²) in [4.78, 5) is 23.9. The van der Waals surface area contributed by atoms with Gasteiger partial charge in [-0.1, -0.05) is 13.3 Å². The van der Waals surface area contributed by atoms with Gasteiger partial charge in [0.25, 0.3) is 0 Å². The maximum absolute atomic E-state index is 11.0. The summed E-state index contributed by atoms with van der Waals surface area (Å²) in [6.07, 6.45) is 2.89. The molecule has 0 atom stereocenters. The van der Waals surface area contributed by atoms with Crippen LogP contribution in [-0.2, 0) is 11.3 Å². The summed E-state index contributed by atoms with van der Waals surface area (Å²) in [6, 6.07) is 0. The first-order valence-corrected chi connectivity index (χ1v) is 5.21. The molecule has 0 saturated carbocycles. The molecule has 0 saturated heterocycles. The third-order valence-corrected chi connectivity index (χ3v) is 2.01. The normalized spacial score (nSPS) is 10.7. The Labute approximate surface area is 87.2 Å². The summed E-state index contributed by atoms with van der Waals surface area (Å²) in [5.74, 6) is 0. The molecule has 1 aromatic rings. The van der Waals surface area contributed by atoms with Crippen LogP contribution in [0.5, 0.6) is 0 Å². The fourth-order valence-corrected chi connectivity index (χ4v) is 1.20. The fourth-order valence-electron chi connectivity index (χ4n) is 1.20. The van der Waals surface area contributed by atoms with Crippen LogP contribution < -0.4 is 11.4 Å². The highest BCUT2D eigenvalue weighted by Crippen LogP contribution is 1.90.